The van der Waals surface area contributed by atoms with Gasteiger partial charge in [0.2, 0.25) is 5.91 Å². The molecule has 0 bridgehead atoms. The highest BCUT2D eigenvalue weighted by molar-refractivity contribution is 5.95. The van der Waals surface area contributed by atoms with Crippen LogP contribution in [-0.2, 0) is 19.1 Å². The fourth-order valence-corrected chi connectivity index (χ4v) is 1.15. The number of esters is 1. The summed E-state index contributed by atoms with van der Waals surface area (Å²) in [5.41, 5.74) is 0. The van der Waals surface area contributed by atoms with Crippen molar-refractivity contribution in [2.24, 2.45) is 0 Å². The zero-order chi connectivity index (χ0) is 13.3. The van der Waals surface area contributed by atoms with Gasteiger partial charge in [0, 0.05) is 18.7 Å². The molecular weight excluding hydrogens is 226 g/mol. The van der Waals surface area contributed by atoms with Gasteiger partial charge >= 0.3 is 11.9 Å². The van der Waals surface area contributed by atoms with Gasteiger partial charge in [0.05, 0.1) is 6.61 Å². The van der Waals surface area contributed by atoms with Gasteiger partial charge in [-0.05, 0) is 13.3 Å². The molecule has 0 aromatic heterocycles. The SMILES string of the molecule is CCCN(CC(=O)OCC)C(=O)C=CC(=O)O. The molecule has 0 fully saturated rings. The second-order valence-corrected chi connectivity index (χ2v) is 3.24. The lowest BCUT2D eigenvalue weighted by atomic mass is 10.3. The summed E-state index contributed by atoms with van der Waals surface area (Å²) < 4.78 is 4.72. The average molecular weight is 243 g/mol. The van der Waals surface area contributed by atoms with Gasteiger partial charge in [-0.2, -0.15) is 0 Å². The third kappa shape index (κ3) is 7.10. The van der Waals surface area contributed by atoms with Crippen LogP contribution in [0.15, 0.2) is 12.2 Å². The van der Waals surface area contributed by atoms with Crippen molar-refractivity contribution >= 4 is 17.8 Å². The molecule has 0 aliphatic rings. The highest BCUT2D eigenvalue weighted by Gasteiger charge is 2.14. The molecule has 6 nitrogen and oxygen atoms in total. The lowest BCUT2D eigenvalue weighted by Gasteiger charge is -2.19. The van der Waals surface area contributed by atoms with Crippen molar-refractivity contribution in [3.8, 4) is 0 Å². The fourth-order valence-electron chi connectivity index (χ4n) is 1.15. The molecule has 0 aromatic rings. The van der Waals surface area contributed by atoms with Crippen LogP contribution in [0, 0.1) is 0 Å². The van der Waals surface area contributed by atoms with Crippen molar-refractivity contribution in [1.82, 2.24) is 4.90 Å². The van der Waals surface area contributed by atoms with Crippen LogP contribution < -0.4 is 0 Å². The van der Waals surface area contributed by atoms with Crippen LogP contribution in [0.3, 0.4) is 0 Å². The fraction of sp³-hybridized carbons (Fsp3) is 0.545. The molecule has 0 unspecified atom stereocenters. The number of carboxylic acid groups (broad SMARTS) is 1. The van der Waals surface area contributed by atoms with E-state index in [2.05, 4.69) is 0 Å². The normalized spacial score (nSPS) is 10.2. The van der Waals surface area contributed by atoms with E-state index in [1.54, 1.807) is 6.92 Å². The molecule has 0 saturated carbocycles. The third-order valence-corrected chi connectivity index (χ3v) is 1.80. The molecule has 0 aliphatic carbocycles. The Hall–Kier alpha value is -1.85. The number of rotatable bonds is 7. The van der Waals surface area contributed by atoms with Crippen molar-refractivity contribution in [3.63, 3.8) is 0 Å². The zero-order valence-corrected chi connectivity index (χ0v) is 10.0. The minimum atomic E-state index is -1.20. The van der Waals surface area contributed by atoms with E-state index >= 15 is 0 Å². The maximum atomic E-state index is 11.5. The first kappa shape index (κ1) is 15.2. The first-order valence-electron chi connectivity index (χ1n) is 5.36. The number of hydrogen-bond acceptors (Lipinski definition) is 4. The van der Waals surface area contributed by atoms with Gasteiger partial charge in [0.1, 0.15) is 6.54 Å². The Morgan fingerprint density at radius 2 is 1.88 bits per heavy atom. The van der Waals surface area contributed by atoms with Gasteiger partial charge in [0.25, 0.3) is 0 Å². The Labute approximate surface area is 99.9 Å². The maximum Gasteiger partial charge on any atom is 0.328 e. The van der Waals surface area contributed by atoms with Gasteiger partial charge in [-0.1, -0.05) is 6.92 Å². The van der Waals surface area contributed by atoms with E-state index in [-0.39, 0.29) is 13.2 Å². The Balaban J connectivity index is 4.45. The minimum absolute atomic E-state index is 0.162. The first-order valence-corrected chi connectivity index (χ1v) is 5.36. The molecule has 6 heteroatoms. The Morgan fingerprint density at radius 1 is 1.24 bits per heavy atom. The molecule has 0 aliphatic heterocycles. The van der Waals surface area contributed by atoms with Gasteiger partial charge in [-0.15, -0.1) is 0 Å². The predicted molar refractivity (Wildman–Crippen MR) is 60.3 cm³/mol. The molecule has 1 N–H and O–H groups in total. The van der Waals surface area contributed by atoms with E-state index in [0.29, 0.717) is 13.0 Å². The molecule has 1 amide bonds. The number of hydrogen-bond donors (Lipinski definition) is 1. The summed E-state index contributed by atoms with van der Waals surface area (Å²) in [6.07, 6.45) is 2.35. The monoisotopic (exact) mass is 243 g/mol. The first-order chi connectivity index (χ1) is 8.01. The molecule has 0 atom stereocenters. The van der Waals surface area contributed by atoms with Gasteiger partial charge < -0.3 is 14.7 Å². The lowest BCUT2D eigenvalue weighted by Crippen LogP contribution is -2.36. The Kier molecular flexibility index (Phi) is 7.41. The number of aliphatic carboxylic acids is 1. The van der Waals surface area contributed by atoms with E-state index in [1.165, 1.54) is 4.90 Å². The molecule has 17 heavy (non-hydrogen) atoms. The van der Waals surface area contributed by atoms with Crippen LogP contribution in [0.5, 0.6) is 0 Å². The van der Waals surface area contributed by atoms with Crippen molar-refractivity contribution in [1.29, 1.82) is 0 Å². The van der Waals surface area contributed by atoms with E-state index in [0.717, 1.165) is 12.2 Å². The molecule has 0 radical (unpaired) electrons. The van der Waals surface area contributed by atoms with Crippen molar-refractivity contribution < 1.29 is 24.2 Å². The van der Waals surface area contributed by atoms with Crippen LogP contribution >= 0.6 is 0 Å². The third-order valence-electron chi connectivity index (χ3n) is 1.80. The number of amides is 1. The summed E-state index contributed by atoms with van der Waals surface area (Å²) >= 11 is 0. The molecule has 0 heterocycles. The number of carbonyl (C=O) groups is 3. The number of nitrogens with zero attached hydrogens (tertiary/aromatic N) is 1. The summed E-state index contributed by atoms with van der Waals surface area (Å²) in [4.78, 5) is 34.3. The summed E-state index contributed by atoms with van der Waals surface area (Å²) in [5.74, 6) is -2.22. The van der Waals surface area contributed by atoms with Gasteiger partial charge in [-0.25, -0.2) is 4.79 Å². The van der Waals surface area contributed by atoms with Crippen molar-refractivity contribution in [2.45, 2.75) is 20.3 Å². The molecule has 0 rings (SSSR count). The molecule has 0 spiro atoms. The largest absolute Gasteiger partial charge is 0.478 e. The quantitative estimate of drug-likeness (QED) is 0.517. The summed E-state index contributed by atoms with van der Waals surface area (Å²) in [6.45, 7) is 3.99. The van der Waals surface area contributed by atoms with Crippen LogP contribution in [-0.4, -0.2) is 47.5 Å². The summed E-state index contributed by atoms with van der Waals surface area (Å²) in [7, 11) is 0. The van der Waals surface area contributed by atoms with E-state index in [4.69, 9.17) is 9.84 Å². The Morgan fingerprint density at radius 3 is 2.35 bits per heavy atom. The zero-order valence-electron chi connectivity index (χ0n) is 10.0. The second kappa shape index (κ2) is 8.32. The van der Waals surface area contributed by atoms with Crippen LogP contribution in [0.25, 0.3) is 0 Å². The van der Waals surface area contributed by atoms with Gasteiger partial charge in [0.15, 0.2) is 0 Å². The standard InChI is InChI=1S/C11H17NO5/c1-3-7-12(8-11(16)17-4-2)9(13)5-6-10(14)15/h5-6H,3-4,7-8H2,1-2H3,(H,14,15). The maximum absolute atomic E-state index is 11.5. The highest BCUT2D eigenvalue weighted by atomic mass is 16.5. The minimum Gasteiger partial charge on any atom is -0.478 e. The molecule has 0 saturated heterocycles. The van der Waals surface area contributed by atoms with Crippen molar-refractivity contribution in [3.05, 3.63) is 12.2 Å². The second-order valence-electron chi connectivity index (χ2n) is 3.24. The Bertz CT molecular complexity index is 311. The van der Waals surface area contributed by atoms with Crippen molar-refractivity contribution in [2.75, 3.05) is 19.7 Å². The summed E-state index contributed by atoms with van der Waals surface area (Å²) in [6, 6.07) is 0. The highest BCUT2D eigenvalue weighted by Crippen LogP contribution is 1.96. The average Bonchev–Trinajstić information content (AvgIpc) is 2.25. The van der Waals surface area contributed by atoms with Crippen LogP contribution in [0.1, 0.15) is 20.3 Å². The number of carbonyl (C=O) groups excluding carboxylic acids is 2. The van der Waals surface area contributed by atoms with E-state index in [9.17, 15) is 14.4 Å². The number of carboxylic acids is 1. The van der Waals surface area contributed by atoms with E-state index < -0.39 is 17.8 Å². The predicted octanol–water partition coefficient (Wildman–Crippen LogP) is 0.429. The summed E-state index contributed by atoms with van der Waals surface area (Å²) in [5, 5.41) is 8.39. The van der Waals surface area contributed by atoms with E-state index in [1.807, 2.05) is 6.92 Å². The lowest BCUT2D eigenvalue weighted by molar-refractivity contribution is -0.147. The number of ether oxygens (including phenoxy) is 1. The smallest absolute Gasteiger partial charge is 0.328 e. The molecule has 0 aromatic carbocycles. The topological polar surface area (TPSA) is 83.9 Å². The van der Waals surface area contributed by atoms with Gasteiger partial charge in [-0.3, -0.25) is 9.59 Å². The molecular formula is C11H17NO5. The van der Waals surface area contributed by atoms with Crippen LogP contribution in [0.2, 0.25) is 0 Å². The van der Waals surface area contributed by atoms with Crippen LogP contribution in [0.4, 0.5) is 0 Å². The molecule has 96 valence electrons.